The van der Waals surface area contributed by atoms with Crippen LogP contribution in [-0.2, 0) is 17.8 Å². The Kier molecular flexibility index (Phi) is 5.67. The number of carbonyl (C=O) groups is 2. The Morgan fingerprint density at radius 3 is 2.93 bits per heavy atom. The van der Waals surface area contributed by atoms with Crippen molar-refractivity contribution >= 4 is 17.5 Å². The molecule has 4 rings (SSSR count). The minimum absolute atomic E-state index is 0.0364. The lowest BCUT2D eigenvalue weighted by Gasteiger charge is -2.31. The number of anilines is 1. The Hall–Kier alpha value is -2.73. The highest BCUT2D eigenvalue weighted by molar-refractivity contribution is 5.98. The van der Waals surface area contributed by atoms with Crippen molar-refractivity contribution in [1.29, 1.82) is 0 Å². The fourth-order valence-electron chi connectivity index (χ4n) is 4.03. The van der Waals surface area contributed by atoms with Crippen molar-refractivity contribution in [2.24, 2.45) is 0 Å². The molecule has 2 aromatic rings. The number of aromatic nitrogens is 1. The largest absolute Gasteiger partial charge is 0.330 e. The monoisotopic (exact) mass is 378 g/mol. The first-order chi connectivity index (χ1) is 13.7. The summed E-state index contributed by atoms with van der Waals surface area (Å²) in [6.07, 6.45) is 5.92. The Bertz CT molecular complexity index is 845. The molecule has 1 fully saturated rings. The molecule has 2 N–H and O–H groups in total. The summed E-state index contributed by atoms with van der Waals surface area (Å²) in [5.74, 6) is 0.0755. The number of nitrogens with zero attached hydrogens (tertiary/aromatic N) is 2. The minimum Gasteiger partial charge on any atom is -0.330 e. The summed E-state index contributed by atoms with van der Waals surface area (Å²) in [5, 5.41) is 6.31. The van der Waals surface area contributed by atoms with E-state index in [2.05, 4.69) is 15.6 Å². The molecule has 1 saturated heterocycles. The lowest BCUT2D eigenvalue weighted by molar-refractivity contribution is -0.116. The van der Waals surface area contributed by atoms with Gasteiger partial charge in [-0.05, 0) is 74.7 Å². The number of amides is 2. The summed E-state index contributed by atoms with van der Waals surface area (Å²) >= 11 is 0. The molecule has 2 amide bonds. The van der Waals surface area contributed by atoms with Gasteiger partial charge in [0.15, 0.2) is 0 Å². The maximum absolute atomic E-state index is 13.5. The SMILES string of the molecule is O=C1CCc2cc(C(=O)N(Cc3ccccn3)C3CCCNCC3)ccc2N1. The average molecular weight is 378 g/mol. The number of carbonyl (C=O) groups excluding carboxylic acids is 2. The van der Waals surface area contributed by atoms with Crippen LogP contribution in [0.1, 0.15) is 47.3 Å². The Morgan fingerprint density at radius 2 is 2.07 bits per heavy atom. The van der Waals surface area contributed by atoms with Gasteiger partial charge in [-0.15, -0.1) is 0 Å². The second kappa shape index (κ2) is 8.52. The van der Waals surface area contributed by atoms with Crippen molar-refractivity contribution in [3.63, 3.8) is 0 Å². The van der Waals surface area contributed by atoms with Crippen LogP contribution in [0.15, 0.2) is 42.6 Å². The lowest BCUT2D eigenvalue weighted by Crippen LogP contribution is -2.40. The molecule has 6 nitrogen and oxygen atoms in total. The molecule has 3 heterocycles. The average Bonchev–Trinajstić information content (AvgIpc) is 3.01. The van der Waals surface area contributed by atoms with Crippen LogP contribution < -0.4 is 10.6 Å². The topological polar surface area (TPSA) is 74.3 Å². The number of nitrogens with one attached hydrogen (secondary N) is 2. The second-order valence-corrected chi connectivity index (χ2v) is 7.51. The lowest BCUT2D eigenvalue weighted by atomic mass is 9.99. The third kappa shape index (κ3) is 4.22. The maximum atomic E-state index is 13.5. The molecule has 1 aromatic carbocycles. The Labute approximate surface area is 165 Å². The summed E-state index contributed by atoms with van der Waals surface area (Å²) in [6, 6.07) is 11.6. The van der Waals surface area contributed by atoms with Gasteiger partial charge in [-0.2, -0.15) is 0 Å². The van der Waals surface area contributed by atoms with Crippen molar-refractivity contribution in [3.8, 4) is 0 Å². The van der Waals surface area contributed by atoms with Crippen LogP contribution >= 0.6 is 0 Å². The van der Waals surface area contributed by atoms with Crippen molar-refractivity contribution in [3.05, 3.63) is 59.4 Å². The normalized spacial score (nSPS) is 19.3. The fourth-order valence-corrected chi connectivity index (χ4v) is 4.03. The van der Waals surface area contributed by atoms with Gasteiger partial charge in [0.1, 0.15) is 0 Å². The van der Waals surface area contributed by atoms with E-state index in [9.17, 15) is 9.59 Å². The first kappa shape index (κ1) is 18.6. The van der Waals surface area contributed by atoms with Gasteiger partial charge in [-0.3, -0.25) is 14.6 Å². The summed E-state index contributed by atoms with van der Waals surface area (Å²) in [5.41, 5.74) is 3.44. The third-order valence-corrected chi connectivity index (χ3v) is 5.55. The predicted octanol–water partition coefficient (Wildman–Crippen LogP) is 2.75. The van der Waals surface area contributed by atoms with E-state index < -0.39 is 0 Å². The molecule has 1 unspecified atom stereocenters. The molecule has 6 heteroatoms. The van der Waals surface area contributed by atoms with E-state index >= 15 is 0 Å². The van der Waals surface area contributed by atoms with Gasteiger partial charge in [0.2, 0.25) is 5.91 Å². The van der Waals surface area contributed by atoms with Gasteiger partial charge in [0.25, 0.3) is 5.91 Å². The molecule has 0 bridgehead atoms. The Morgan fingerprint density at radius 1 is 1.14 bits per heavy atom. The number of rotatable bonds is 4. The molecule has 28 heavy (non-hydrogen) atoms. The first-order valence-electron chi connectivity index (χ1n) is 10.0. The molecule has 2 aliphatic rings. The fraction of sp³-hybridized carbons (Fsp3) is 0.409. The predicted molar refractivity (Wildman–Crippen MR) is 108 cm³/mol. The zero-order chi connectivity index (χ0) is 19.3. The van der Waals surface area contributed by atoms with Crippen LogP contribution in [0.25, 0.3) is 0 Å². The first-order valence-corrected chi connectivity index (χ1v) is 10.0. The van der Waals surface area contributed by atoms with Crippen LogP contribution in [0.5, 0.6) is 0 Å². The number of aryl methyl sites for hydroxylation is 1. The Balaban J connectivity index is 1.61. The maximum Gasteiger partial charge on any atom is 0.254 e. The van der Waals surface area contributed by atoms with Gasteiger partial charge in [0.05, 0.1) is 12.2 Å². The molecule has 0 spiro atoms. The van der Waals surface area contributed by atoms with E-state index in [0.29, 0.717) is 24.9 Å². The molecule has 0 aliphatic carbocycles. The van der Waals surface area contributed by atoms with E-state index in [1.165, 1.54) is 0 Å². The van der Waals surface area contributed by atoms with Gasteiger partial charge >= 0.3 is 0 Å². The quantitative estimate of drug-likeness (QED) is 0.858. The van der Waals surface area contributed by atoms with Crippen LogP contribution in [-0.4, -0.2) is 40.8 Å². The smallest absolute Gasteiger partial charge is 0.254 e. The number of fused-ring (bicyclic) bond motifs is 1. The number of hydrogen-bond acceptors (Lipinski definition) is 4. The van der Waals surface area contributed by atoms with Gasteiger partial charge in [0, 0.05) is 29.9 Å². The summed E-state index contributed by atoms with van der Waals surface area (Å²) in [4.78, 5) is 31.5. The van der Waals surface area contributed by atoms with E-state index in [1.54, 1.807) is 6.20 Å². The third-order valence-electron chi connectivity index (χ3n) is 5.55. The summed E-state index contributed by atoms with van der Waals surface area (Å²) in [6.45, 7) is 2.44. The molecule has 1 atom stereocenters. The van der Waals surface area contributed by atoms with Crippen LogP contribution in [0.2, 0.25) is 0 Å². The van der Waals surface area contributed by atoms with E-state index in [4.69, 9.17) is 0 Å². The molecular weight excluding hydrogens is 352 g/mol. The van der Waals surface area contributed by atoms with E-state index in [0.717, 1.165) is 49.3 Å². The number of hydrogen-bond donors (Lipinski definition) is 2. The van der Waals surface area contributed by atoms with Crippen LogP contribution in [0.3, 0.4) is 0 Å². The minimum atomic E-state index is 0.0364. The molecule has 0 radical (unpaired) electrons. The second-order valence-electron chi connectivity index (χ2n) is 7.51. The van der Waals surface area contributed by atoms with Crippen LogP contribution in [0, 0.1) is 0 Å². The highest BCUT2D eigenvalue weighted by Gasteiger charge is 2.27. The zero-order valence-corrected chi connectivity index (χ0v) is 16.0. The number of benzene rings is 1. The zero-order valence-electron chi connectivity index (χ0n) is 16.0. The van der Waals surface area contributed by atoms with Crippen LogP contribution in [0.4, 0.5) is 5.69 Å². The van der Waals surface area contributed by atoms with Gasteiger partial charge < -0.3 is 15.5 Å². The van der Waals surface area contributed by atoms with Crippen molar-refractivity contribution in [1.82, 2.24) is 15.2 Å². The van der Waals surface area contributed by atoms with Crippen molar-refractivity contribution in [2.45, 2.75) is 44.7 Å². The van der Waals surface area contributed by atoms with Crippen molar-refractivity contribution < 1.29 is 9.59 Å². The molecular formula is C22H26N4O2. The van der Waals surface area contributed by atoms with Gasteiger partial charge in [-0.25, -0.2) is 0 Å². The number of pyridine rings is 1. The molecule has 1 aromatic heterocycles. The van der Waals surface area contributed by atoms with E-state index in [1.807, 2.05) is 41.3 Å². The van der Waals surface area contributed by atoms with E-state index in [-0.39, 0.29) is 17.9 Å². The molecule has 0 saturated carbocycles. The highest BCUT2D eigenvalue weighted by Crippen LogP contribution is 2.26. The highest BCUT2D eigenvalue weighted by atomic mass is 16.2. The van der Waals surface area contributed by atoms with Crippen molar-refractivity contribution in [2.75, 3.05) is 18.4 Å². The molecule has 2 aliphatic heterocycles. The van der Waals surface area contributed by atoms with Gasteiger partial charge in [-0.1, -0.05) is 6.07 Å². The summed E-state index contributed by atoms with van der Waals surface area (Å²) < 4.78 is 0. The summed E-state index contributed by atoms with van der Waals surface area (Å²) in [7, 11) is 0. The molecule has 146 valence electrons. The standard InChI is InChI=1S/C22H26N4O2/c27-21-9-7-16-14-17(6-8-20(16)25-21)22(28)26(15-18-4-1-2-12-24-18)19-5-3-11-23-13-10-19/h1-2,4,6,8,12,14,19,23H,3,5,7,9-11,13,15H2,(H,25,27).